The van der Waals surface area contributed by atoms with Gasteiger partial charge in [-0.3, -0.25) is 9.59 Å². The van der Waals surface area contributed by atoms with Gasteiger partial charge < -0.3 is 15.4 Å². The summed E-state index contributed by atoms with van der Waals surface area (Å²) in [6, 6.07) is 15.8. The molecule has 1 aliphatic heterocycles. The number of amides is 4. The van der Waals surface area contributed by atoms with Crippen LogP contribution < -0.4 is 15.4 Å². The molecule has 4 amide bonds. The molecule has 1 saturated heterocycles. The zero-order valence-electron chi connectivity index (χ0n) is 19.0. The number of aryl methyl sites for hydroxylation is 1. The van der Waals surface area contributed by atoms with Crippen molar-refractivity contribution in [1.29, 1.82) is 0 Å². The predicted molar refractivity (Wildman–Crippen MR) is 138 cm³/mol. The van der Waals surface area contributed by atoms with E-state index in [0.717, 1.165) is 16.0 Å². The molecular formula is C26H23FIN3O4. The number of carbonyl (C=O) groups is 3. The lowest BCUT2D eigenvalue weighted by Gasteiger charge is -2.25. The van der Waals surface area contributed by atoms with Crippen molar-refractivity contribution < 1.29 is 23.5 Å². The second-order valence-electron chi connectivity index (χ2n) is 8.19. The van der Waals surface area contributed by atoms with Crippen molar-refractivity contribution in [2.24, 2.45) is 0 Å². The van der Waals surface area contributed by atoms with Gasteiger partial charge in [0.2, 0.25) is 5.91 Å². The molecular weight excluding hydrogens is 564 g/mol. The molecule has 0 aromatic heterocycles. The van der Waals surface area contributed by atoms with Gasteiger partial charge in [-0.25, -0.2) is 14.1 Å². The molecule has 0 bridgehead atoms. The SMILES string of the molecule is COc1ccc([C@H]2NC(=O)N([C@@H](Cc3cccc(C)c3)C(=O)Nc3ccc(I)cc3F)C2=O)cc1. The number of hydrogen-bond acceptors (Lipinski definition) is 4. The minimum atomic E-state index is -1.19. The molecule has 9 heteroatoms. The smallest absolute Gasteiger partial charge is 0.325 e. The molecule has 0 radical (unpaired) electrons. The summed E-state index contributed by atoms with van der Waals surface area (Å²) in [7, 11) is 1.53. The van der Waals surface area contributed by atoms with Gasteiger partial charge in [0.15, 0.2) is 0 Å². The van der Waals surface area contributed by atoms with Crippen LogP contribution >= 0.6 is 22.6 Å². The summed E-state index contributed by atoms with van der Waals surface area (Å²) in [5, 5.41) is 5.22. The van der Waals surface area contributed by atoms with E-state index in [1.165, 1.54) is 19.2 Å². The molecule has 1 aliphatic rings. The minimum absolute atomic E-state index is 0.0246. The van der Waals surface area contributed by atoms with Crippen LogP contribution in [0.4, 0.5) is 14.9 Å². The van der Waals surface area contributed by atoms with Gasteiger partial charge in [0.05, 0.1) is 12.8 Å². The van der Waals surface area contributed by atoms with E-state index < -0.39 is 35.7 Å². The zero-order chi connectivity index (χ0) is 25.1. The number of carbonyl (C=O) groups excluding carboxylic acids is 3. The van der Waals surface area contributed by atoms with Crippen LogP contribution in [0.25, 0.3) is 0 Å². The Hall–Kier alpha value is -3.47. The molecule has 1 heterocycles. The molecule has 0 unspecified atom stereocenters. The zero-order valence-corrected chi connectivity index (χ0v) is 21.2. The largest absolute Gasteiger partial charge is 0.497 e. The summed E-state index contributed by atoms with van der Waals surface area (Å²) >= 11 is 1.97. The van der Waals surface area contributed by atoms with Crippen LogP contribution in [0.5, 0.6) is 5.75 Å². The van der Waals surface area contributed by atoms with E-state index in [2.05, 4.69) is 10.6 Å². The van der Waals surface area contributed by atoms with Crippen LogP contribution in [0.2, 0.25) is 0 Å². The lowest BCUT2D eigenvalue weighted by Crippen LogP contribution is -2.49. The number of halogens is 2. The monoisotopic (exact) mass is 587 g/mol. The Kier molecular flexibility index (Phi) is 7.34. The first kappa shape index (κ1) is 24.6. The van der Waals surface area contributed by atoms with E-state index >= 15 is 0 Å². The van der Waals surface area contributed by atoms with Crippen molar-refractivity contribution in [2.75, 3.05) is 12.4 Å². The lowest BCUT2D eigenvalue weighted by molar-refractivity contribution is -0.134. The summed E-state index contributed by atoms with van der Waals surface area (Å²) in [5.41, 5.74) is 2.27. The van der Waals surface area contributed by atoms with Gasteiger partial charge in [-0.15, -0.1) is 0 Å². The first-order valence-electron chi connectivity index (χ1n) is 10.9. The van der Waals surface area contributed by atoms with Gasteiger partial charge in [-0.1, -0.05) is 42.0 Å². The predicted octanol–water partition coefficient (Wildman–Crippen LogP) is 4.59. The van der Waals surface area contributed by atoms with Crippen molar-refractivity contribution in [2.45, 2.75) is 25.4 Å². The molecule has 1 fully saturated rings. The molecule has 35 heavy (non-hydrogen) atoms. The Bertz CT molecular complexity index is 1280. The average molecular weight is 587 g/mol. The second-order valence-corrected chi connectivity index (χ2v) is 9.43. The summed E-state index contributed by atoms with van der Waals surface area (Å²) in [4.78, 5) is 40.7. The fraction of sp³-hybridized carbons (Fsp3) is 0.192. The summed E-state index contributed by atoms with van der Waals surface area (Å²) in [5.74, 6) is -1.21. The number of urea groups is 1. The molecule has 3 aromatic rings. The fourth-order valence-electron chi connectivity index (χ4n) is 3.98. The summed E-state index contributed by atoms with van der Waals surface area (Å²) < 4.78 is 20.3. The van der Waals surface area contributed by atoms with E-state index in [1.807, 2.05) is 53.8 Å². The van der Waals surface area contributed by atoms with Crippen LogP contribution in [-0.2, 0) is 16.0 Å². The van der Waals surface area contributed by atoms with Gasteiger partial charge in [0, 0.05) is 9.99 Å². The fourth-order valence-corrected chi connectivity index (χ4v) is 4.44. The van der Waals surface area contributed by atoms with E-state index in [9.17, 15) is 18.8 Å². The highest BCUT2D eigenvalue weighted by atomic mass is 127. The molecule has 3 aromatic carbocycles. The quantitative estimate of drug-likeness (QED) is 0.313. The van der Waals surface area contributed by atoms with Crippen molar-refractivity contribution in [3.63, 3.8) is 0 Å². The van der Waals surface area contributed by atoms with Crippen LogP contribution in [0.3, 0.4) is 0 Å². The van der Waals surface area contributed by atoms with Crippen molar-refractivity contribution in [3.05, 3.63) is 92.8 Å². The van der Waals surface area contributed by atoms with Crippen molar-refractivity contribution in [3.8, 4) is 5.75 Å². The molecule has 0 saturated carbocycles. The van der Waals surface area contributed by atoms with Crippen LogP contribution in [0.1, 0.15) is 22.7 Å². The molecule has 0 spiro atoms. The van der Waals surface area contributed by atoms with Crippen LogP contribution in [-0.4, -0.2) is 35.9 Å². The Labute approximate surface area is 215 Å². The number of methoxy groups -OCH3 is 1. The third-order valence-corrected chi connectivity index (χ3v) is 6.41. The number of benzene rings is 3. The highest BCUT2D eigenvalue weighted by Gasteiger charge is 2.45. The Morgan fingerprint density at radius 3 is 2.54 bits per heavy atom. The van der Waals surface area contributed by atoms with Gasteiger partial charge in [-0.2, -0.15) is 0 Å². The topological polar surface area (TPSA) is 87.7 Å². The number of imide groups is 1. The second kappa shape index (κ2) is 10.4. The molecule has 2 N–H and O–H groups in total. The number of nitrogens with zero attached hydrogens (tertiary/aromatic N) is 1. The number of ether oxygens (including phenoxy) is 1. The van der Waals surface area contributed by atoms with E-state index in [-0.39, 0.29) is 12.1 Å². The average Bonchev–Trinajstić information content (AvgIpc) is 3.13. The van der Waals surface area contributed by atoms with E-state index in [0.29, 0.717) is 14.9 Å². The molecule has 2 atom stereocenters. The normalized spacial score (nSPS) is 16.1. The van der Waals surface area contributed by atoms with E-state index in [1.54, 1.807) is 30.3 Å². The van der Waals surface area contributed by atoms with E-state index in [4.69, 9.17) is 4.74 Å². The highest BCUT2D eigenvalue weighted by molar-refractivity contribution is 14.1. The molecule has 4 rings (SSSR count). The number of anilines is 1. The summed E-state index contributed by atoms with van der Waals surface area (Å²) in [6.07, 6.45) is 0.0774. The van der Waals surface area contributed by atoms with Gasteiger partial charge in [-0.05, 0) is 71.0 Å². The molecule has 7 nitrogen and oxygen atoms in total. The lowest BCUT2D eigenvalue weighted by atomic mass is 10.0. The third kappa shape index (κ3) is 5.45. The maximum absolute atomic E-state index is 14.4. The van der Waals surface area contributed by atoms with Crippen LogP contribution in [0, 0.1) is 16.3 Å². The van der Waals surface area contributed by atoms with Gasteiger partial charge in [0.25, 0.3) is 5.91 Å². The summed E-state index contributed by atoms with van der Waals surface area (Å²) in [6.45, 7) is 1.91. The Morgan fingerprint density at radius 2 is 1.89 bits per heavy atom. The standard InChI is InChI=1S/C26H23FIN3O4/c1-15-4-3-5-16(12-15)13-22(24(32)29-21-11-8-18(28)14-20(21)27)31-25(33)23(30-26(31)34)17-6-9-19(35-2)10-7-17/h3-12,14,22-23H,13H2,1-2H3,(H,29,32)(H,30,34)/t22-,23+/m0/s1. The highest BCUT2D eigenvalue weighted by Crippen LogP contribution is 2.27. The first-order chi connectivity index (χ1) is 16.8. The van der Waals surface area contributed by atoms with Crippen molar-refractivity contribution >= 4 is 46.1 Å². The number of hydrogen-bond donors (Lipinski definition) is 2. The van der Waals surface area contributed by atoms with Gasteiger partial charge >= 0.3 is 6.03 Å². The number of nitrogens with one attached hydrogen (secondary N) is 2. The maximum Gasteiger partial charge on any atom is 0.325 e. The first-order valence-corrected chi connectivity index (χ1v) is 11.9. The maximum atomic E-state index is 14.4. The number of rotatable bonds is 7. The minimum Gasteiger partial charge on any atom is -0.497 e. The Morgan fingerprint density at radius 1 is 1.14 bits per heavy atom. The molecule has 0 aliphatic carbocycles. The Balaban J connectivity index is 1.65. The van der Waals surface area contributed by atoms with Gasteiger partial charge in [0.1, 0.15) is 23.7 Å². The van der Waals surface area contributed by atoms with Crippen molar-refractivity contribution in [1.82, 2.24) is 10.2 Å². The molecule has 180 valence electrons. The third-order valence-electron chi connectivity index (χ3n) is 5.73. The van der Waals surface area contributed by atoms with Crippen LogP contribution in [0.15, 0.2) is 66.7 Å².